The number of amides is 1. The minimum atomic E-state index is -0.267. The summed E-state index contributed by atoms with van der Waals surface area (Å²) in [7, 11) is 0. The predicted molar refractivity (Wildman–Crippen MR) is 78.9 cm³/mol. The Kier molecular flexibility index (Phi) is 5.38. The topological polar surface area (TPSA) is 94.1 Å². The van der Waals surface area contributed by atoms with Gasteiger partial charge in [-0.1, -0.05) is 17.2 Å². The first-order valence-corrected chi connectivity index (χ1v) is 7.80. The number of rotatable bonds is 7. The summed E-state index contributed by atoms with van der Waals surface area (Å²) in [5.74, 6) is 1.96. The fourth-order valence-corrected chi connectivity index (χ4v) is 2.31. The van der Waals surface area contributed by atoms with E-state index in [0.29, 0.717) is 23.4 Å². The Morgan fingerprint density at radius 2 is 2.24 bits per heavy atom. The van der Waals surface area contributed by atoms with Crippen molar-refractivity contribution in [1.29, 1.82) is 0 Å². The van der Waals surface area contributed by atoms with Gasteiger partial charge in [-0.05, 0) is 20.3 Å². The zero-order chi connectivity index (χ0) is 15.2. The van der Waals surface area contributed by atoms with Gasteiger partial charge in [-0.15, -0.1) is 11.8 Å². The maximum absolute atomic E-state index is 12.0. The van der Waals surface area contributed by atoms with Gasteiger partial charge in [-0.3, -0.25) is 10.1 Å². The Hall–Kier alpha value is -1.83. The van der Waals surface area contributed by atoms with Crippen LogP contribution in [0.25, 0.3) is 0 Å². The van der Waals surface area contributed by atoms with Crippen LogP contribution in [0.4, 0.5) is 5.88 Å². The van der Waals surface area contributed by atoms with Crippen LogP contribution in [-0.2, 0) is 17.0 Å². The molecule has 2 aromatic rings. The van der Waals surface area contributed by atoms with Crippen molar-refractivity contribution in [3.63, 3.8) is 0 Å². The second-order valence-electron chi connectivity index (χ2n) is 4.63. The Morgan fingerprint density at radius 3 is 2.90 bits per heavy atom. The Bertz CT molecular complexity index is 596. The smallest absolute Gasteiger partial charge is 0.239 e. The summed E-state index contributed by atoms with van der Waals surface area (Å²) in [5.41, 5.74) is 0.722. The van der Waals surface area contributed by atoms with Crippen molar-refractivity contribution in [1.82, 2.24) is 15.3 Å². The van der Waals surface area contributed by atoms with Crippen molar-refractivity contribution in [2.24, 2.45) is 0 Å². The number of hydrogen-bond donors (Lipinski definition) is 1. The van der Waals surface area contributed by atoms with Gasteiger partial charge in [-0.25, -0.2) is 0 Å². The van der Waals surface area contributed by atoms with Gasteiger partial charge >= 0.3 is 0 Å². The van der Waals surface area contributed by atoms with Crippen LogP contribution in [0.15, 0.2) is 15.1 Å². The largest absolute Gasteiger partial charge is 0.338 e. The summed E-state index contributed by atoms with van der Waals surface area (Å²) in [6.07, 6.45) is 1.77. The summed E-state index contributed by atoms with van der Waals surface area (Å²) in [6.45, 7) is 5.66. The van der Waals surface area contributed by atoms with Gasteiger partial charge in [0.25, 0.3) is 0 Å². The molecule has 1 atom stereocenters. The minimum absolute atomic E-state index is 0.149. The van der Waals surface area contributed by atoms with Crippen LogP contribution in [-0.4, -0.2) is 26.5 Å². The number of carbonyl (C=O) groups excluding carboxylic acids is 1. The lowest BCUT2D eigenvalue weighted by Gasteiger charge is -2.08. The second-order valence-corrected chi connectivity index (χ2v) is 5.96. The van der Waals surface area contributed by atoms with E-state index in [9.17, 15) is 4.79 Å². The molecule has 2 heterocycles. The summed E-state index contributed by atoms with van der Waals surface area (Å²) in [6, 6.07) is 1.67. The lowest BCUT2D eigenvalue weighted by atomic mass is 10.3. The molecular formula is C13H18N4O3S. The lowest BCUT2D eigenvalue weighted by molar-refractivity contribution is -0.115. The molecule has 0 aliphatic heterocycles. The van der Waals surface area contributed by atoms with Crippen LogP contribution in [0.5, 0.6) is 0 Å². The lowest BCUT2D eigenvalue weighted by Crippen LogP contribution is -2.22. The van der Waals surface area contributed by atoms with E-state index >= 15 is 0 Å². The average molecular weight is 310 g/mol. The molecule has 0 saturated heterocycles. The summed E-state index contributed by atoms with van der Waals surface area (Å²) in [5, 5.41) is 9.99. The van der Waals surface area contributed by atoms with E-state index in [2.05, 4.69) is 27.5 Å². The first kappa shape index (κ1) is 15.6. The normalized spacial score (nSPS) is 12.3. The third kappa shape index (κ3) is 4.59. The fourth-order valence-electron chi connectivity index (χ4n) is 1.59. The summed E-state index contributed by atoms with van der Waals surface area (Å²) in [4.78, 5) is 16.2. The maximum Gasteiger partial charge on any atom is 0.239 e. The number of aromatic nitrogens is 3. The Balaban J connectivity index is 1.80. The number of nitrogens with zero attached hydrogens (tertiary/aromatic N) is 3. The van der Waals surface area contributed by atoms with E-state index in [1.165, 1.54) is 11.8 Å². The molecule has 0 aromatic carbocycles. The Morgan fingerprint density at radius 1 is 1.43 bits per heavy atom. The van der Waals surface area contributed by atoms with Gasteiger partial charge in [-0.2, -0.15) is 4.98 Å². The molecule has 0 bridgehead atoms. The van der Waals surface area contributed by atoms with Crippen molar-refractivity contribution in [2.75, 3.05) is 5.32 Å². The number of hydrogen-bond acceptors (Lipinski definition) is 7. The zero-order valence-corrected chi connectivity index (χ0v) is 13.1. The molecule has 0 aliphatic rings. The number of carbonyl (C=O) groups is 1. The predicted octanol–water partition coefficient (Wildman–Crippen LogP) is 2.58. The third-order valence-electron chi connectivity index (χ3n) is 2.68. The van der Waals surface area contributed by atoms with E-state index in [1.54, 1.807) is 13.0 Å². The van der Waals surface area contributed by atoms with Gasteiger partial charge < -0.3 is 9.05 Å². The van der Waals surface area contributed by atoms with Crippen LogP contribution in [0.2, 0.25) is 0 Å². The third-order valence-corrected chi connectivity index (χ3v) is 3.81. The van der Waals surface area contributed by atoms with E-state index in [4.69, 9.17) is 9.05 Å². The SMILES string of the molecule is CCCc1noc(CSC(C)C(=O)Nc2cc(C)no2)n1. The number of aryl methyl sites for hydroxylation is 2. The molecule has 0 radical (unpaired) electrons. The summed E-state index contributed by atoms with van der Waals surface area (Å²) >= 11 is 1.42. The number of nitrogens with one attached hydrogen (secondary N) is 1. The highest BCUT2D eigenvalue weighted by Crippen LogP contribution is 2.19. The van der Waals surface area contributed by atoms with Crippen LogP contribution in [0.1, 0.15) is 37.7 Å². The van der Waals surface area contributed by atoms with Gasteiger partial charge in [0.15, 0.2) is 5.82 Å². The molecule has 8 heteroatoms. The molecular weight excluding hydrogens is 292 g/mol. The molecule has 114 valence electrons. The van der Waals surface area contributed by atoms with E-state index in [0.717, 1.165) is 18.5 Å². The van der Waals surface area contributed by atoms with Crippen LogP contribution >= 0.6 is 11.8 Å². The van der Waals surface area contributed by atoms with Crippen molar-refractivity contribution in [3.05, 3.63) is 23.5 Å². The summed E-state index contributed by atoms with van der Waals surface area (Å²) < 4.78 is 10.1. The molecule has 2 rings (SSSR count). The molecule has 0 aliphatic carbocycles. The van der Waals surface area contributed by atoms with Gasteiger partial charge in [0.1, 0.15) is 0 Å². The van der Waals surface area contributed by atoms with Crippen molar-refractivity contribution in [3.8, 4) is 0 Å². The number of anilines is 1. The molecule has 2 aromatic heterocycles. The first-order valence-electron chi connectivity index (χ1n) is 6.75. The average Bonchev–Trinajstić information content (AvgIpc) is 3.06. The molecule has 1 N–H and O–H groups in total. The number of thioether (sulfide) groups is 1. The maximum atomic E-state index is 12.0. The molecule has 1 unspecified atom stereocenters. The first-order chi connectivity index (χ1) is 10.1. The van der Waals surface area contributed by atoms with Gasteiger partial charge in [0, 0.05) is 12.5 Å². The highest BCUT2D eigenvalue weighted by atomic mass is 32.2. The van der Waals surface area contributed by atoms with E-state index in [-0.39, 0.29) is 11.2 Å². The monoisotopic (exact) mass is 310 g/mol. The van der Waals surface area contributed by atoms with E-state index in [1.807, 2.05) is 6.92 Å². The second kappa shape index (κ2) is 7.26. The Labute approximate surface area is 126 Å². The van der Waals surface area contributed by atoms with Crippen LogP contribution in [0, 0.1) is 6.92 Å². The molecule has 1 amide bonds. The highest BCUT2D eigenvalue weighted by Gasteiger charge is 2.17. The molecule has 0 spiro atoms. The van der Waals surface area contributed by atoms with Gasteiger partial charge in [0.05, 0.1) is 16.7 Å². The fraction of sp³-hybridized carbons (Fsp3) is 0.538. The molecule has 7 nitrogen and oxygen atoms in total. The van der Waals surface area contributed by atoms with Crippen LogP contribution < -0.4 is 5.32 Å². The molecule has 0 saturated carbocycles. The van der Waals surface area contributed by atoms with E-state index < -0.39 is 0 Å². The zero-order valence-electron chi connectivity index (χ0n) is 12.3. The quantitative estimate of drug-likeness (QED) is 0.839. The van der Waals surface area contributed by atoms with Crippen LogP contribution in [0.3, 0.4) is 0 Å². The molecule has 21 heavy (non-hydrogen) atoms. The van der Waals surface area contributed by atoms with Gasteiger partial charge in [0.2, 0.25) is 17.7 Å². The minimum Gasteiger partial charge on any atom is -0.338 e. The van der Waals surface area contributed by atoms with Crippen molar-refractivity contribution >= 4 is 23.6 Å². The molecule has 0 fully saturated rings. The van der Waals surface area contributed by atoms with Crippen molar-refractivity contribution < 1.29 is 13.8 Å². The van der Waals surface area contributed by atoms with Crippen molar-refractivity contribution in [2.45, 2.75) is 44.6 Å². The standard InChI is InChI=1S/C13H18N4O3S/c1-4-5-10-14-12(20-17-10)7-21-9(3)13(18)15-11-6-8(2)16-19-11/h6,9H,4-5,7H2,1-3H3,(H,15,18). The highest BCUT2D eigenvalue weighted by molar-refractivity contribution is 7.99.